The Morgan fingerprint density at radius 3 is 2.76 bits per heavy atom. The average molecular weight is 396 g/mol. The number of hydrogen-bond donors (Lipinski definition) is 1. The number of pyridine rings is 1. The minimum absolute atomic E-state index is 0.273. The van der Waals surface area contributed by atoms with Crippen LogP contribution in [-0.4, -0.2) is 37.7 Å². The summed E-state index contributed by atoms with van der Waals surface area (Å²) >= 11 is 0. The minimum Gasteiger partial charge on any atom is -0.356 e. The summed E-state index contributed by atoms with van der Waals surface area (Å²) in [5, 5.41) is 3.61. The molecule has 4 heterocycles. The second kappa shape index (κ2) is 7.51. The molecule has 0 radical (unpaired) electrons. The van der Waals surface area contributed by atoms with Crippen molar-refractivity contribution in [2.24, 2.45) is 14.1 Å². The van der Waals surface area contributed by atoms with Gasteiger partial charge in [-0.2, -0.15) is 0 Å². The summed E-state index contributed by atoms with van der Waals surface area (Å²) in [6.45, 7) is 6.56. The topological polar surface area (TPSA) is 76.6 Å². The molecule has 29 heavy (non-hydrogen) atoms. The van der Waals surface area contributed by atoms with Crippen molar-refractivity contribution in [2.75, 3.05) is 18.0 Å². The number of anilines is 1. The fraction of sp³-hybridized carbons (Fsp3) is 0.476. The fourth-order valence-corrected chi connectivity index (χ4v) is 4.07. The maximum absolute atomic E-state index is 12.2. The molecule has 0 spiro atoms. The number of rotatable bonds is 5. The van der Waals surface area contributed by atoms with Crippen LogP contribution in [0.4, 0.5) is 5.82 Å². The Morgan fingerprint density at radius 2 is 2.00 bits per heavy atom. The first-order valence-electron chi connectivity index (χ1n) is 10.1. The molecule has 1 fully saturated rings. The van der Waals surface area contributed by atoms with Crippen molar-refractivity contribution >= 4 is 11.3 Å². The van der Waals surface area contributed by atoms with E-state index in [1.165, 1.54) is 7.05 Å². The Hall–Kier alpha value is -2.87. The van der Waals surface area contributed by atoms with E-state index in [9.17, 15) is 9.59 Å². The van der Waals surface area contributed by atoms with Gasteiger partial charge in [-0.15, -0.1) is 0 Å². The first-order chi connectivity index (χ1) is 13.9. The number of aromatic nitrogens is 4. The molecule has 1 saturated heterocycles. The van der Waals surface area contributed by atoms with E-state index in [4.69, 9.17) is 4.98 Å². The molecule has 1 aliphatic heterocycles. The third-order valence-corrected chi connectivity index (χ3v) is 5.74. The minimum atomic E-state index is -0.297. The zero-order chi connectivity index (χ0) is 20.7. The lowest BCUT2D eigenvalue weighted by molar-refractivity contribution is 0.546. The first kappa shape index (κ1) is 19.4. The molecule has 0 amide bonds. The highest BCUT2D eigenvalue weighted by Crippen LogP contribution is 2.21. The predicted molar refractivity (Wildman–Crippen MR) is 114 cm³/mol. The lowest BCUT2D eigenvalue weighted by Gasteiger charge is -2.21. The van der Waals surface area contributed by atoms with Crippen molar-refractivity contribution in [3.8, 4) is 0 Å². The van der Waals surface area contributed by atoms with E-state index in [0.29, 0.717) is 18.3 Å². The van der Waals surface area contributed by atoms with Gasteiger partial charge in [0.25, 0.3) is 5.56 Å². The van der Waals surface area contributed by atoms with Gasteiger partial charge in [-0.1, -0.05) is 19.9 Å². The Morgan fingerprint density at radius 1 is 1.21 bits per heavy atom. The SMILES string of the molecule is CC(C)c1nc(CN[C@@H]2CCN(c3cc(=O)n(C)c(=O)n3C)C2)c2ccccn12. The van der Waals surface area contributed by atoms with E-state index >= 15 is 0 Å². The van der Waals surface area contributed by atoms with Crippen LogP contribution >= 0.6 is 0 Å². The van der Waals surface area contributed by atoms with Crippen molar-refractivity contribution in [3.05, 3.63) is 62.8 Å². The van der Waals surface area contributed by atoms with Crippen LogP contribution in [0.25, 0.3) is 5.52 Å². The molecule has 3 aromatic rings. The molecule has 8 heteroatoms. The number of nitrogens with zero attached hydrogens (tertiary/aromatic N) is 5. The van der Waals surface area contributed by atoms with Crippen LogP contribution in [-0.2, 0) is 20.6 Å². The molecular formula is C21H28N6O2. The highest BCUT2D eigenvalue weighted by Gasteiger charge is 2.25. The van der Waals surface area contributed by atoms with Crippen LogP contribution in [0.1, 0.15) is 37.7 Å². The molecule has 0 unspecified atom stereocenters. The van der Waals surface area contributed by atoms with Crippen LogP contribution < -0.4 is 21.5 Å². The van der Waals surface area contributed by atoms with Crippen molar-refractivity contribution < 1.29 is 0 Å². The quantitative estimate of drug-likeness (QED) is 0.702. The molecule has 8 nitrogen and oxygen atoms in total. The molecule has 1 aliphatic rings. The van der Waals surface area contributed by atoms with E-state index in [2.05, 4.69) is 40.7 Å². The van der Waals surface area contributed by atoms with E-state index in [1.54, 1.807) is 17.7 Å². The van der Waals surface area contributed by atoms with Gasteiger partial charge in [0.15, 0.2) is 0 Å². The average Bonchev–Trinajstić information content (AvgIpc) is 3.32. The van der Waals surface area contributed by atoms with Crippen molar-refractivity contribution in [2.45, 2.75) is 38.8 Å². The standard InChI is InChI=1S/C21H28N6O2/c1-14(2)20-23-16(17-7-5-6-9-27(17)20)12-22-15-8-10-26(13-15)18-11-19(28)25(4)21(29)24(18)3/h5-7,9,11,14-15,22H,8,10,12-13H2,1-4H3/t15-/m1/s1. The third kappa shape index (κ3) is 3.48. The zero-order valence-electron chi connectivity index (χ0n) is 17.4. The summed E-state index contributed by atoms with van der Waals surface area (Å²) < 4.78 is 4.84. The Kier molecular flexibility index (Phi) is 5.04. The van der Waals surface area contributed by atoms with Crippen molar-refractivity contribution in [1.82, 2.24) is 23.8 Å². The maximum atomic E-state index is 12.2. The normalized spacial score (nSPS) is 17.0. The second-order valence-corrected chi connectivity index (χ2v) is 8.08. The lowest BCUT2D eigenvalue weighted by atomic mass is 10.2. The van der Waals surface area contributed by atoms with Crippen molar-refractivity contribution in [3.63, 3.8) is 0 Å². The van der Waals surface area contributed by atoms with Gasteiger partial charge in [0.1, 0.15) is 11.6 Å². The van der Waals surface area contributed by atoms with Gasteiger partial charge >= 0.3 is 5.69 Å². The summed E-state index contributed by atoms with van der Waals surface area (Å²) in [4.78, 5) is 31.2. The number of fused-ring (bicyclic) bond motifs is 1. The van der Waals surface area contributed by atoms with Crippen LogP contribution in [0, 0.1) is 0 Å². The van der Waals surface area contributed by atoms with Crippen LogP contribution in [0.2, 0.25) is 0 Å². The molecule has 1 atom stereocenters. The summed E-state index contributed by atoms with van der Waals surface area (Å²) in [5.74, 6) is 2.10. The summed E-state index contributed by atoms with van der Waals surface area (Å²) in [6, 6.07) is 7.99. The zero-order valence-corrected chi connectivity index (χ0v) is 17.4. The van der Waals surface area contributed by atoms with E-state index < -0.39 is 0 Å². The van der Waals surface area contributed by atoms with Crippen LogP contribution in [0.15, 0.2) is 40.1 Å². The van der Waals surface area contributed by atoms with Gasteiger partial charge in [-0.05, 0) is 18.6 Å². The summed E-state index contributed by atoms with van der Waals surface area (Å²) in [5.41, 5.74) is 1.61. The Bertz CT molecular complexity index is 1160. The Balaban J connectivity index is 1.49. The van der Waals surface area contributed by atoms with E-state index in [0.717, 1.165) is 41.1 Å². The first-order valence-corrected chi connectivity index (χ1v) is 10.1. The van der Waals surface area contributed by atoms with E-state index in [-0.39, 0.29) is 17.3 Å². The van der Waals surface area contributed by atoms with Gasteiger partial charge in [0, 0.05) is 58.0 Å². The van der Waals surface area contributed by atoms with Crippen LogP contribution in [0.3, 0.4) is 0 Å². The third-order valence-electron chi connectivity index (χ3n) is 5.74. The molecule has 0 aliphatic carbocycles. The van der Waals surface area contributed by atoms with Crippen LogP contribution in [0.5, 0.6) is 0 Å². The van der Waals surface area contributed by atoms with Gasteiger partial charge in [0.05, 0.1) is 11.2 Å². The van der Waals surface area contributed by atoms with Gasteiger partial charge in [-0.25, -0.2) is 9.78 Å². The number of hydrogen-bond acceptors (Lipinski definition) is 5. The van der Waals surface area contributed by atoms with Gasteiger partial charge in [-0.3, -0.25) is 13.9 Å². The molecule has 0 saturated carbocycles. The predicted octanol–water partition coefficient (Wildman–Crippen LogP) is 1.22. The lowest BCUT2D eigenvalue weighted by Crippen LogP contribution is -2.40. The molecule has 0 aromatic carbocycles. The molecule has 4 rings (SSSR count). The summed E-state index contributed by atoms with van der Waals surface area (Å²) in [7, 11) is 3.21. The fourth-order valence-electron chi connectivity index (χ4n) is 4.07. The number of imidazole rings is 1. The molecule has 3 aromatic heterocycles. The van der Waals surface area contributed by atoms with Gasteiger partial charge < -0.3 is 14.6 Å². The molecule has 0 bridgehead atoms. The highest BCUT2D eigenvalue weighted by atomic mass is 16.2. The Labute approximate surface area is 169 Å². The number of nitrogens with one attached hydrogen (secondary N) is 1. The smallest absolute Gasteiger partial charge is 0.332 e. The van der Waals surface area contributed by atoms with Crippen molar-refractivity contribution in [1.29, 1.82) is 0 Å². The van der Waals surface area contributed by atoms with Gasteiger partial charge in [0.2, 0.25) is 0 Å². The van der Waals surface area contributed by atoms with E-state index in [1.807, 2.05) is 12.1 Å². The monoisotopic (exact) mass is 396 g/mol. The molecular weight excluding hydrogens is 368 g/mol. The second-order valence-electron chi connectivity index (χ2n) is 8.08. The highest BCUT2D eigenvalue weighted by molar-refractivity contribution is 5.53. The summed E-state index contributed by atoms with van der Waals surface area (Å²) in [6.07, 6.45) is 3.01. The molecule has 1 N–H and O–H groups in total. The largest absolute Gasteiger partial charge is 0.356 e. The maximum Gasteiger partial charge on any atom is 0.332 e. The molecule has 154 valence electrons.